The van der Waals surface area contributed by atoms with E-state index in [1.165, 1.54) is 11.1 Å². The second-order valence-electron chi connectivity index (χ2n) is 3.99. The van der Waals surface area contributed by atoms with E-state index in [-0.39, 0.29) is 5.95 Å². The molecule has 0 aliphatic heterocycles. The van der Waals surface area contributed by atoms with Gasteiger partial charge < -0.3 is 11.1 Å². The lowest BCUT2D eigenvalue weighted by atomic mass is 10.0. The molecule has 1 heterocycles. The molecule has 0 saturated carbocycles. The van der Waals surface area contributed by atoms with Crippen molar-refractivity contribution in [1.82, 2.24) is 9.97 Å². The molecule has 88 valence electrons. The Hall–Kier alpha value is -2.10. The molecule has 0 radical (unpaired) electrons. The SMILES string of the molecule is CNc1cc(-c2cccc(C)c2C)nc(N)n1. The van der Waals surface area contributed by atoms with E-state index in [9.17, 15) is 0 Å². The van der Waals surface area contributed by atoms with Gasteiger partial charge in [0, 0.05) is 18.7 Å². The normalized spacial score (nSPS) is 10.3. The summed E-state index contributed by atoms with van der Waals surface area (Å²) in [5.41, 5.74) is 10.1. The summed E-state index contributed by atoms with van der Waals surface area (Å²) in [6.07, 6.45) is 0. The summed E-state index contributed by atoms with van der Waals surface area (Å²) in [5.74, 6) is 1.01. The molecule has 2 rings (SSSR count). The van der Waals surface area contributed by atoms with E-state index in [1.807, 2.05) is 25.2 Å². The van der Waals surface area contributed by atoms with Crippen molar-refractivity contribution >= 4 is 11.8 Å². The smallest absolute Gasteiger partial charge is 0.222 e. The summed E-state index contributed by atoms with van der Waals surface area (Å²) < 4.78 is 0. The molecule has 0 atom stereocenters. The summed E-state index contributed by atoms with van der Waals surface area (Å²) in [6.45, 7) is 4.17. The van der Waals surface area contributed by atoms with Crippen LogP contribution in [-0.4, -0.2) is 17.0 Å². The topological polar surface area (TPSA) is 63.8 Å². The zero-order valence-electron chi connectivity index (χ0n) is 10.3. The Morgan fingerprint density at radius 2 is 1.94 bits per heavy atom. The van der Waals surface area contributed by atoms with Crippen LogP contribution in [0.5, 0.6) is 0 Å². The van der Waals surface area contributed by atoms with Crippen LogP contribution in [-0.2, 0) is 0 Å². The van der Waals surface area contributed by atoms with Crippen molar-refractivity contribution in [3.05, 3.63) is 35.4 Å². The van der Waals surface area contributed by atoms with Crippen molar-refractivity contribution in [2.45, 2.75) is 13.8 Å². The molecule has 4 heteroatoms. The molecule has 0 saturated heterocycles. The summed E-state index contributed by atoms with van der Waals surface area (Å²) in [6, 6.07) is 8.05. The van der Waals surface area contributed by atoms with Gasteiger partial charge in [-0.15, -0.1) is 0 Å². The van der Waals surface area contributed by atoms with E-state index in [0.717, 1.165) is 17.1 Å². The maximum absolute atomic E-state index is 5.70. The molecule has 0 aliphatic carbocycles. The molecule has 0 amide bonds. The van der Waals surface area contributed by atoms with E-state index in [2.05, 4.69) is 35.2 Å². The molecule has 1 aromatic heterocycles. The van der Waals surface area contributed by atoms with Crippen molar-refractivity contribution in [2.75, 3.05) is 18.1 Å². The monoisotopic (exact) mass is 228 g/mol. The number of aromatic nitrogens is 2. The minimum absolute atomic E-state index is 0.285. The van der Waals surface area contributed by atoms with Crippen LogP contribution in [0.3, 0.4) is 0 Å². The number of hydrogen-bond donors (Lipinski definition) is 2. The predicted octanol–water partition coefficient (Wildman–Crippen LogP) is 2.38. The van der Waals surface area contributed by atoms with Crippen LogP contribution in [0.1, 0.15) is 11.1 Å². The van der Waals surface area contributed by atoms with E-state index in [0.29, 0.717) is 0 Å². The molecule has 0 unspecified atom stereocenters. The molecule has 0 aliphatic rings. The van der Waals surface area contributed by atoms with Crippen LogP contribution in [0, 0.1) is 13.8 Å². The summed E-state index contributed by atoms with van der Waals surface area (Å²) in [5, 5.41) is 2.98. The lowest BCUT2D eigenvalue weighted by Gasteiger charge is -2.09. The fourth-order valence-electron chi connectivity index (χ4n) is 1.76. The molecule has 3 N–H and O–H groups in total. The highest BCUT2D eigenvalue weighted by Crippen LogP contribution is 2.25. The van der Waals surface area contributed by atoms with Gasteiger partial charge in [-0.05, 0) is 25.0 Å². The number of nitrogens with zero attached hydrogens (tertiary/aromatic N) is 2. The zero-order chi connectivity index (χ0) is 12.4. The quantitative estimate of drug-likeness (QED) is 0.828. The molecule has 4 nitrogen and oxygen atoms in total. The van der Waals surface area contributed by atoms with Crippen LogP contribution < -0.4 is 11.1 Å². The molecule has 0 spiro atoms. The highest BCUT2D eigenvalue weighted by atomic mass is 15.1. The number of anilines is 2. The van der Waals surface area contributed by atoms with E-state index >= 15 is 0 Å². The molecular weight excluding hydrogens is 212 g/mol. The first-order chi connectivity index (χ1) is 8.11. The van der Waals surface area contributed by atoms with E-state index in [1.54, 1.807) is 0 Å². The van der Waals surface area contributed by atoms with Crippen LogP contribution >= 0.6 is 0 Å². The third-order valence-corrected chi connectivity index (χ3v) is 2.88. The van der Waals surface area contributed by atoms with Gasteiger partial charge in [0.2, 0.25) is 5.95 Å². The Kier molecular flexibility index (Phi) is 2.95. The Morgan fingerprint density at radius 3 is 2.65 bits per heavy atom. The zero-order valence-corrected chi connectivity index (χ0v) is 10.3. The fourth-order valence-corrected chi connectivity index (χ4v) is 1.76. The average Bonchev–Trinajstić information content (AvgIpc) is 2.31. The lowest BCUT2D eigenvalue weighted by Crippen LogP contribution is -2.01. The van der Waals surface area contributed by atoms with Gasteiger partial charge in [-0.3, -0.25) is 0 Å². The molecular formula is C13H16N4. The largest absolute Gasteiger partial charge is 0.373 e. The number of benzene rings is 1. The van der Waals surface area contributed by atoms with Crippen molar-refractivity contribution in [1.29, 1.82) is 0 Å². The fraction of sp³-hybridized carbons (Fsp3) is 0.231. The van der Waals surface area contributed by atoms with Crippen LogP contribution in [0.4, 0.5) is 11.8 Å². The van der Waals surface area contributed by atoms with E-state index in [4.69, 9.17) is 5.73 Å². The predicted molar refractivity (Wildman–Crippen MR) is 70.9 cm³/mol. The van der Waals surface area contributed by atoms with Crippen LogP contribution in [0.2, 0.25) is 0 Å². The Labute approximate surface area is 101 Å². The minimum Gasteiger partial charge on any atom is -0.373 e. The van der Waals surface area contributed by atoms with Crippen molar-refractivity contribution < 1.29 is 0 Å². The van der Waals surface area contributed by atoms with Gasteiger partial charge in [-0.2, -0.15) is 4.98 Å². The maximum atomic E-state index is 5.70. The van der Waals surface area contributed by atoms with Crippen molar-refractivity contribution in [3.63, 3.8) is 0 Å². The molecule has 0 bridgehead atoms. The standard InChI is InChI=1S/C13H16N4/c1-8-5-4-6-10(9(8)2)11-7-12(15-3)17-13(14)16-11/h4-7H,1-3H3,(H3,14,15,16,17). The van der Waals surface area contributed by atoms with Gasteiger partial charge in [0.05, 0.1) is 5.69 Å². The third kappa shape index (κ3) is 2.20. The molecule has 2 aromatic rings. The highest BCUT2D eigenvalue weighted by Gasteiger charge is 2.07. The number of aryl methyl sites for hydroxylation is 1. The summed E-state index contributed by atoms with van der Waals surface area (Å²) in [4.78, 5) is 8.37. The van der Waals surface area contributed by atoms with Crippen molar-refractivity contribution in [3.8, 4) is 11.3 Å². The van der Waals surface area contributed by atoms with Gasteiger partial charge >= 0.3 is 0 Å². The van der Waals surface area contributed by atoms with Gasteiger partial charge in [-0.1, -0.05) is 18.2 Å². The number of nitrogens with one attached hydrogen (secondary N) is 1. The van der Waals surface area contributed by atoms with Gasteiger partial charge in [-0.25, -0.2) is 4.98 Å². The van der Waals surface area contributed by atoms with Gasteiger partial charge in [0.25, 0.3) is 0 Å². The lowest BCUT2D eigenvalue weighted by molar-refractivity contribution is 1.17. The van der Waals surface area contributed by atoms with E-state index < -0.39 is 0 Å². The Bertz CT molecular complexity index is 549. The molecule has 17 heavy (non-hydrogen) atoms. The number of nitrogen functional groups attached to an aromatic ring is 1. The molecule has 0 fully saturated rings. The van der Waals surface area contributed by atoms with Gasteiger partial charge in [0.15, 0.2) is 0 Å². The summed E-state index contributed by atoms with van der Waals surface area (Å²) >= 11 is 0. The third-order valence-electron chi connectivity index (χ3n) is 2.88. The van der Waals surface area contributed by atoms with Crippen molar-refractivity contribution in [2.24, 2.45) is 0 Å². The Morgan fingerprint density at radius 1 is 1.18 bits per heavy atom. The maximum Gasteiger partial charge on any atom is 0.222 e. The minimum atomic E-state index is 0.285. The Balaban J connectivity index is 2.60. The average molecular weight is 228 g/mol. The van der Waals surface area contributed by atoms with Crippen LogP contribution in [0.25, 0.3) is 11.3 Å². The van der Waals surface area contributed by atoms with Crippen LogP contribution in [0.15, 0.2) is 24.3 Å². The molecule has 1 aromatic carbocycles. The second-order valence-corrected chi connectivity index (χ2v) is 3.99. The number of nitrogens with two attached hydrogens (primary N) is 1. The first-order valence-corrected chi connectivity index (χ1v) is 5.50. The van der Waals surface area contributed by atoms with Gasteiger partial charge in [0.1, 0.15) is 5.82 Å². The number of rotatable bonds is 2. The highest BCUT2D eigenvalue weighted by molar-refractivity contribution is 5.68. The first kappa shape index (κ1) is 11.4. The number of hydrogen-bond acceptors (Lipinski definition) is 4. The second kappa shape index (κ2) is 4.41. The summed E-state index contributed by atoms with van der Waals surface area (Å²) in [7, 11) is 1.81. The first-order valence-electron chi connectivity index (χ1n) is 5.50.